The molecule has 0 radical (unpaired) electrons. The molecule has 1 heterocycles. The maximum atomic E-state index is 12.1. The van der Waals surface area contributed by atoms with Gasteiger partial charge in [0.05, 0.1) is 31.6 Å². The zero-order chi connectivity index (χ0) is 17.4. The highest BCUT2D eigenvalue weighted by molar-refractivity contribution is 6.02. The van der Waals surface area contributed by atoms with Gasteiger partial charge in [-0.25, -0.2) is 4.79 Å². The van der Waals surface area contributed by atoms with Crippen LogP contribution in [0.3, 0.4) is 0 Å². The molecule has 0 aliphatic carbocycles. The fraction of sp³-hybridized carbons (Fsp3) is 0.529. The number of benzene rings is 1. The molecule has 1 aromatic rings. The molecule has 1 aromatic carbocycles. The van der Waals surface area contributed by atoms with Crippen LogP contribution in [0.4, 0.5) is 11.4 Å². The number of nitrogens with zero attached hydrogens (tertiary/aromatic N) is 1. The standard InChI is InChI=1S/C17H25N3O4.2ClH/c1-18-7-3-4-16(21)19-15-6-5-13(12-14(15)17(22)23-2)20-8-10-24-11-9-20;;/h5-6,12,18H,3-4,7-11H2,1-2H3,(H,19,21);2*1H. The van der Waals surface area contributed by atoms with E-state index in [9.17, 15) is 9.59 Å². The second-order valence-electron chi connectivity index (χ2n) is 5.58. The average molecular weight is 408 g/mol. The fourth-order valence-corrected chi connectivity index (χ4v) is 2.58. The summed E-state index contributed by atoms with van der Waals surface area (Å²) in [4.78, 5) is 26.3. The summed E-state index contributed by atoms with van der Waals surface area (Å²) in [5.74, 6) is -0.579. The minimum atomic E-state index is -0.462. The van der Waals surface area contributed by atoms with Crippen LogP contribution >= 0.6 is 24.8 Å². The quantitative estimate of drug-likeness (QED) is 0.532. The van der Waals surface area contributed by atoms with Crippen LogP contribution in [-0.4, -0.2) is 58.9 Å². The van der Waals surface area contributed by atoms with Gasteiger partial charge in [0, 0.05) is 25.2 Å². The van der Waals surface area contributed by atoms with E-state index in [0.717, 1.165) is 31.7 Å². The Morgan fingerprint density at radius 1 is 1.23 bits per heavy atom. The number of morpholine rings is 1. The number of hydrogen-bond donors (Lipinski definition) is 2. The summed E-state index contributed by atoms with van der Waals surface area (Å²) in [7, 11) is 3.18. The summed E-state index contributed by atoms with van der Waals surface area (Å²) in [6.45, 7) is 3.65. The van der Waals surface area contributed by atoms with Crippen LogP contribution in [0.15, 0.2) is 18.2 Å². The normalized spacial score (nSPS) is 13.2. The highest BCUT2D eigenvalue weighted by atomic mass is 35.5. The zero-order valence-electron chi connectivity index (χ0n) is 15.1. The van der Waals surface area contributed by atoms with Gasteiger partial charge in [-0.3, -0.25) is 4.79 Å². The second-order valence-corrected chi connectivity index (χ2v) is 5.58. The molecule has 148 valence electrons. The molecule has 26 heavy (non-hydrogen) atoms. The van der Waals surface area contributed by atoms with Crippen molar-refractivity contribution in [2.45, 2.75) is 12.8 Å². The Bertz CT molecular complexity index is 581. The number of methoxy groups -OCH3 is 1. The SMILES string of the molecule is CNCCCC(=O)Nc1ccc(N2CCOCC2)cc1C(=O)OC.Cl.Cl. The molecule has 1 aliphatic rings. The third-order valence-corrected chi connectivity index (χ3v) is 3.89. The number of esters is 1. The molecule has 0 spiro atoms. The zero-order valence-corrected chi connectivity index (χ0v) is 16.7. The summed E-state index contributed by atoms with van der Waals surface area (Å²) in [5.41, 5.74) is 1.77. The lowest BCUT2D eigenvalue weighted by Gasteiger charge is -2.29. The van der Waals surface area contributed by atoms with E-state index in [-0.39, 0.29) is 30.7 Å². The molecule has 0 unspecified atom stereocenters. The van der Waals surface area contributed by atoms with Crippen molar-refractivity contribution in [2.75, 3.05) is 57.2 Å². The van der Waals surface area contributed by atoms with Crippen molar-refractivity contribution >= 4 is 48.1 Å². The lowest BCUT2D eigenvalue weighted by atomic mass is 10.1. The molecule has 1 amide bonds. The maximum Gasteiger partial charge on any atom is 0.340 e. The van der Waals surface area contributed by atoms with Crippen LogP contribution in [0, 0.1) is 0 Å². The van der Waals surface area contributed by atoms with Crippen LogP contribution in [-0.2, 0) is 14.3 Å². The van der Waals surface area contributed by atoms with Crippen molar-refractivity contribution in [3.8, 4) is 0 Å². The maximum absolute atomic E-state index is 12.1. The summed E-state index contributed by atoms with van der Waals surface area (Å²) >= 11 is 0. The van der Waals surface area contributed by atoms with Crippen molar-refractivity contribution in [1.82, 2.24) is 5.32 Å². The number of rotatable bonds is 7. The van der Waals surface area contributed by atoms with Gasteiger partial charge in [-0.1, -0.05) is 0 Å². The number of ether oxygens (including phenoxy) is 2. The number of halogens is 2. The molecular weight excluding hydrogens is 381 g/mol. The number of hydrogen-bond acceptors (Lipinski definition) is 6. The number of carbonyl (C=O) groups excluding carboxylic acids is 2. The first kappa shape index (κ1) is 24.5. The Balaban J connectivity index is 0.00000312. The van der Waals surface area contributed by atoms with Gasteiger partial charge in [0.15, 0.2) is 0 Å². The van der Waals surface area contributed by atoms with Gasteiger partial charge in [-0.05, 0) is 38.2 Å². The van der Waals surface area contributed by atoms with E-state index in [1.165, 1.54) is 7.11 Å². The molecule has 1 aliphatic heterocycles. The molecule has 0 bridgehead atoms. The summed E-state index contributed by atoms with van der Waals surface area (Å²) in [6.07, 6.45) is 1.13. The number of nitrogens with one attached hydrogen (secondary N) is 2. The Morgan fingerprint density at radius 2 is 1.92 bits per heavy atom. The molecule has 2 rings (SSSR count). The van der Waals surface area contributed by atoms with E-state index in [1.807, 2.05) is 13.1 Å². The van der Waals surface area contributed by atoms with E-state index >= 15 is 0 Å². The Labute approximate surface area is 166 Å². The number of amides is 1. The first-order chi connectivity index (χ1) is 11.7. The first-order valence-electron chi connectivity index (χ1n) is 8.15. The van der Waals surface area contributed by atoms with Gasteiger partial charge in [-0.2, -0.15) is 0 Å². The van der Waals surface area contributed by atoms with Gasteiger partial charge in [0.2, 0.25) is 5.91 Å². The summed E-state index contributed by atoms with van der Waals surface area (Å²) in [6, 6.07) is 5.42. The highest BCUT2D eigenvalue weighted by Gasteiger charge is 2.18. The van der Waals surface area contributed by atoms with E-state index < -0.39 is 5.97 Å². The van der Waals surface area contributed by atoms with E-state index in [4.69, 9.17) is 9.47 Å². The van der Waals surface area contributed by atoms with Crippen LogP contribution in [0.5, 0.6) is 0 Å². The van der Waals surface area contributed by atoms with Crippen molar-refractivity contribution in [1.29, 1.82) is 0 Å². The Hall–Kier alpha value is -1.54. The van der Waals surface area contributed by atoms with Gasteiger partial charge in [0.1, 0.15) is 0 Å². The van der Waals surface area contributed by atoms with Crippen LogP contribution in [0.2, 0.25) is 0 Å². The molecule has 0 aromatic heterocycles. The van der Waals surface area contributed by atoms with Crippen LogP contribution < -0.4 is 15.5 Å². The Morgan fingerprint density at radius 3 is 2.54 bits per heavy atom. The average Bonchev–Trinajstić information content (AvgIpc) is 2.62. The summed E-state index contributed by atoms with van der Waals surface area (Å²) < 4.78 is 10.2. The third kappa shape index (κ3) is 6.99. The smallest absolute Gasteiger partial charge is 0.340 e. The lowest BCUT2D eigenvalue weighted by molar-refractivity contribution is -0.116. The molecule has 1 fully saturated rings. The fourth-order valence-electron chi connectivity index (χ4n) is 2.58. The predicted molar refractivity (Wildman–Crippen MR) is 107 cm³/mol. The highest BCUT2D eigenvalue weighted by Crippen LogP contribution is 2.25. The molecule has 0 atom stereocenters. The molecule has 1 saturated heterocycles. The number of anilines is 2. The van der Waals surface area contributed by atoms with E-state index in [0.29, 0.717) is 30.9 Å². The van der Waals surface area contributed by atoms with Crippen molar-refractivity contribution in [3.05, 3.63) is 23.8 Å². The molecule has 9 heteroatoms. The van der Waals surface area contributed by atoms with E-state index in [2.05, 4.69) is 15.5 Å². The van der Waals surface area contributed by atoms with Crippen molar-refractivity contribution < 1.29 is 19.1 Å². The van der Waals surface area contributed by atoms with Crippen molar-refractivity contribution in [3.63, 3.8) is 0 Å². The topological polar surface area (TPSA) is 79.9 Å². The number of carbonyl (C=O) groups is 2. The molecular formula is C17H27Cl2N3O4. The molecule has 2 N–H and O–H groups in total. The Kier molecular flexibility index (Phi) is 12.0. The first-order valence-corrected chi connectivity index (χ1v) is 8.15. The predicted octanol–water partition coefficient (Wildman–Crippen LogP) is 2.09. The van der Waals surface area contributed by atoms with Gasteiger partial charge >= 0.3 is 5.97 Å². The lowest BCUT2D eigenvalue weighted by Crippen LogP contribution is -2.36. The van der Waals surface area contributed by atoms with Gasteiger partial charge in [0.25, 0.3) is 0 Å². The van der Waals surface area contributed by atoms with Gasteiger partial charge in [-0.15, -0.1) is 24.8 Å². The van der Waals surface area contributed by atoms with Crippen molar-refractivity contribution in [2.24, 2.45) is 0 Å². The van der Waals surface area contributed by atoms with E-state index in [1.54, 1.807) is 12.1 Å². The monoisotopic (exact) mass is 407 g/mol. The largest absolute Gasteiger partial charge is 0.465 e. The second kappa shape index (κ2) is 12.8. The van der Waals surface area contributed by atoms with Crippen LogP contribution in [0.25, 0.3) is 0 Å². The van der Waals surface area contributed by atoms with Crippen LogP contribution in [0.1, 0.15) is 23.2 Å². The summed E-state index contributed by atoms with van der Waals surface area (Å²) in [5, 5.41) is 5.80. The minimum Gasteiger partial charge on any atom is -0.465 e. The molecule has 0 saturated carbocycles. The molecule has 7 nitrogen and oxygen atoms in total. The minimum absolute atomic E-state index is 0. The van der Waals surface area contributed by atoms with Gasteiger partial charge < -0.3 is 25.0 Å². The third-order valence-electron chi connectivity index (χ3n) is 3.89.